The van der Waals surface area contributed by atoms with E-state index in [0.29, 0.717) is 13.1 Å². The fourth-order valence-corrected chi connectivity index (χ4v) is 3.11. The Morgan fingerprint density at radius 3 is 2.58 bits per heavy atom. The van der Waals surface area contributed by atoms with Crippen LogP contribution in [-0.4, -0.2) is 72.7 Å². The van der Waals surface area contributed by atoms with Gasteiger partial charge in [0.2, 0.25) is 5.91 Å². The molecule has 0 aromatic rings. The van der Waals surface area contributed by atoms with Crippen LogP contribution in [0, 0.1) is 0 Å². The quantitative estimate of drug-likeness (QED) is 0.783. The predicted octanol–water partition coefficient (Wildman–Crippen LogP) is 0.306. The highest BCUT2D eigenvalue weighted by Crippen LogP contribution is 2.22. The van der Waals surface area contributed by atoms with Crippen LogP contribution in [0.4, 0.5) is 0 Å². The van der Waals surface area contributed by atoms with E-state index in [4.69, 9.17) is 4.74 Å². The third kappa shape index (κ3) is 3.68. The Hall–Kier alpha value is -0.650. The minimum atomic E-state index is -0.240. The summed E-state index contributed by atoms with van der Waals surface area (Å²) >= 11 is 0. The van der Waals surface area contributed by atoms with Crippen molar-refractivity contribution in [2.75, 3.05) is 39.3 Å². The number of nitrogens with zero attached hydrogens (tertiary/aromatic N) is 2. The lowest BCUT2D eigenvalue weighted by Gasteiger charge is -2.44. The Bertz CT molecular complexity index is 327. The van der Waals surface area contributed by atoms with Gasteiger partial charge in [-0.1, -0.05) is 0 Å². The smallest absolute Gasteiger partial charge is 0.239 e. The first-order valence-corrected chi connectivity index (χ1v) is 7.30. The van der Waals surface area contributed by atoms with Crippen LogP contribution in [0.3, 0.4) is 0 Å². The topological polar surface area (TPSA) is 44.8 Å². The maximum Gasteiger partial charge on any atom is 0.239 e. The van der Waals surface area contributed by atoms with E-state index in [0.717, 1.165) is 26.2 Å². The summed E-state index contributed by atoms with van der Waals surface area (Å²) in [5.41, 5.74) is -0.240. The molecule has 0 bridgehead atoms. The second kappa shape index (κ2) is 5.77. The van der Waals surface area contributed by atoms with Gasteiger partial charge in [-0.2, -0.15) is 0 Å². The maximum atomic E-state index is 12.6. The number of carbonyl (C=O) groups excluding carboxylic acids is 1. The molecular formula is C14H27N3O2. The molecule has 2 heterocycles. The first-order valence-electron chi connectivity index (χ1n) is 7.30. The van der Waals surface area contributed by atoms with E-state index in [1.807, 2.05) is 18.7 Å². The van der Waals surface area contributed by atoms with Gasteiger partial charge in [0.25, 0.3) is 0 Å². The molecule has 5 heteroatoms. The SMILES string of the molecule is CC1CN(C(=O)C(C)N2CCNCC2)CC(C)(C)O1. The van der Waals surface area contributed by atoms with Gasteiger partial charge >= 0.3 is 0 Å². The molecule has 2 rings (SSSR count). The molecule has 0 saturated carbocycles. The van der Waals surface area contributed by atoms with E-state index in [1.165, 1.54) is 0 Å². The van der Waals surface area contributed by atoms with Gasteiger partial charge in [0.15, 0.2) is 0 Å². The highest BCUT2D eigenvalue weighted by Gasteiger charge is 2.36. The summed E-state index contributed by atoms with van der Waals surface area (Å²) < 4.78 is 5.86. The molecule has 0 radical (unpaired) electrons. The highest BCUT2D eigenvalue weighted by atomic mass is 16.5. The Labute approximate surface area is 116 Å². The van der Waals surface area contributed by atoms with Crippen molar-refractivity contribution < 1.29 is 9.53 Å². The molecule has 2 unspecified atom stereocenters. The highest BCUT2D eigenvalue weighted by molar-refractivity contribution is 5.81. The number of carbonyl (C=O) groups is 1. The fourth-order valence-electron chi connectivity index (χ4n) is 3.11. The van der Waals surface area contributed by atoms with E-state index in [1.54, 1.807) is 0 Å². The summed E-state index contributed by atoms with van der Waals surface area (Å²) in [5, 5.41) is 3.32. The summed E-state index contributed by atoms with van der Waals surface area (Å²) in [7, 11) is 0. The van der Waals surface area contributed by atoms with Crippen molar-refractivity contribution in [3.05, 3.63) is 0 Å². The number of amides is 1. The molecule has 2 atom stereocenters. The second-order valence-corrected chi connectivity index (χ2v) is 6.37. The number of ether oxygens (including phenoxy) is 1. The van der Waals surface area contributed by atoms with Crippen LogP contribution in [0.25, 0.3) is 0 Å². The molecule has 2 fully saturated rings. The van der Waals surface area contributed by atoms with Crippen LogP contribution < -0.4 is 5.32 Å². The van der Waals surface area contributed by atoms with Gasteiger partial charge in [-0.3, -0.25) is 9.69 Å². The van der Waals surface area contributed by atoms with Gasteiger partial charge in [0, 0.05) is 39.3 Å². The van der Waals surface area contributed by atoms with Crippen molar-refractivity contribution in [3.63, 3.8) is 0 Å². The van der Waals surface area contributed by atoms with Crippen LogP contribution in [0.15, 0.2) is 0 Å². The van der Waals surface area contributed by atoms with Crippen LogP contribution in [-0.2, 0) is 9.53 Å². The predicted molar refractivity (Wildman–Crippen MR) is 75.1 cm³/mol. The van der Waals surface area contributed by atoms with Gasteiger partial charge in [-0.25, -0.2) is 0 Å². The fraction of sp³-hybridized carbons (Fsp3) is 0.929. The van der Waals surface area contributed by atoms with E-state index in [-0.39, 0.29) is 23.7 Å². The maximum absolute atomic E-state index is 12.6. The number of rotatable bonds is 2. The number of hydrogen-bond donors (Lipinski definition) is 1. The molecule has 0 aliphatic carbocycles. The minimum Gasteiger partial charge on any atom is -0.369 e. The molecule has 2 aliphatic heterocycles. The lowest BCUT2D eigenvalue weighted by atomic mass is 10.0. The van der Waals surface area contributed by atoms with Gasteiger partial charge in [0.1, 0.15) is 0 Å². The molecule has 1 amide bonds. The van der Waals surface area contributed by atoms with Crippen molar-refractivity contribution in [2.24, 2.45) is 0 Å². The van der Waals surface area contributed by atoms with Gasteiger partial charge in [-0.15, -0.1) is 0 Å². The largest absolute Gasteiger partial charge is 0.369 e. The monoisotopic (exact) mass is 269 g/mol. The first-order chi connectivity index (χ1) is 8.89. The third-order valence-electron chi connectivity index (χ3n) is 3.94. The van der Waals surface area contributed by atoms with Crippen molar-refractivity contribution >= 4 is 5.91 Å². The second-order valence-electron chi connectivity index (χ2n) is 6.37. The van der Waals surface area contributed by atoms with Gasteiger partial charge in [-0.05, 0) is 27.7 Å². The molecule has 19 heavy (non-hydrogen) atoms. The zero-order valence-electron chi connectivity index (χ0n) is 12.6. The molecule has 2 saturated heterocycles. The molecule has 0 aromatic heterocycles. The van der Waals surface area contributed by atoms with Crippen molar-refractivity contribution in [2.45, 2.75) is 45.4 Å². The van der Waals surface area contributed by atoms with Crippen LogP contribution in [0.1, 0.15) is 27.7 Å². The number of hydrogen-bond acceptors (Lipinski definition) is 4. The lowest BCUT2D eigenvalue weighted by Crippen LogP contribution is -2.59. The summed E-state index contributed by atoms with van der Waals surface area (Å²) in [6.07, 6.45) is 0.114. The Morgan fingerprint density at radius 1 is 1.37 bits per heavy atom. The third-order valence-corrected chi connectivity index (χ3v) is 3.94. The van der Waals surface area contributed by atoms with Gasteiger partial charge in [0.05, 0.1) is 17.7 Å². The van der Waals surface area contributed by atoms with E-state index >= 15 is 0 Å². The Morgan fingerprint density at radius 2 is 2.00 bits per heavy atom. The molecule has 110 valence electrons. The molecule has 1 N–H and O–H groups in total. The molecule has 5 nitrogen and oxygen atoms in total. The molecular weight excluding hydrogens is 242 g/mol. The average Bonchev–Trinajstić information content (AvgIpc) is 2.35. The first kappa shape index (κ1) is 14.8. The number of nitrogens with one attached hydrogen (secondary N) is 1. The van der Waals surface area contributed by atoms with Crippen LogP contribution >= 0.6 is 0 Å². The summed E-state index contributed by atoms with van der Waals surface area (Å²) in [6, 6.07) is -0.0248. The van der Waals surface area contributed by atoms with E-state index < -0.39 is 0 Å². The summed E-state index contributed by atoms with van der Waals surface area (Å²) in [4.78, 5) is 16.9. The lowest BCUT2D eigenvalue weighted by molar-refractivity contribution is -0.162. The van der Waals surface area contributed by atoms with Crippen molar-refractivity contribution in [1.29, 1.82) is 0 Å². The minimum absolute atomic E-state index is 0.0248. The van der Waals surface area contributed by atoms with Gasteiger partial charge < -0.3 is 15.0 Å². The average molecular weight is 269 g/mol. The van der Waals surface area contributed by atoms with E-state index in [9.17, 15) is 4.79 Å². The number of morpholine rings is 1. The molecule has 2 aliphatic rings. The number of piperazine rings is 1. The summed E-state index contributed by atoms with van der Waals surface area (Å²) in [6.45, 7) is 13.4. The van der Waals surface area contributed by atoms with E-state index in [2.05, 4.69) is 24.1 Å². The van der Waals surface area contributed by atoms with Crippen molar-refractivity contribution in [3.8, 4) is 0 Å². The normalized spacial score (nSPS) is 30.1. The Balaban J connectivity index is 1.97. The Kier molecular flexibility index (Phi) is 4.48. The molecule has 0 aromatic carbocycles. The zero-order valence-corrected chi connectivity index (χ0v) is 12.6. The standard InChI is InChI=1S/C14H27N3O2/c1-11-9-17(10-14(3,4)19-11)13(18)12(2)16-7-5-15-6-8-16/h11-12,15H,5-10H2,1-4H3. The zero-order chi connectivity index (χ0) is 14.0. The van der Waals surface area contributed by atoms with Crippen LogP contribution in [0.2, 0.25) is 0 Å². The van der Waals surface area contributed by atoms with Crippen molar-refractivity contribution in [1.82, 2.24) is 15.1 Å². The van der Waals surface area contributed by atoms with Crippen LogP contribution in [0.5, 0.6) is 0 Å². The summed E-state index contributed by atoms with van der Waals surface area (Å²) in [5.74, 6) is 0.241. The molecule has 0 spiro atoms.